The van der Waals surface area contributed by atoms with Crippen molar-refractivity contribution >= 4 is 21.6 Å². The molecule has 1 unspecified atom stereocenters. The van der Waals surface area contributed by atoms with Gasteiger partial charge in [-0.15, -0.1) is 0 Å². The van der Waals surface area contributed by atoms with Crippen molar-refractivity contribution in [1.29, 1.82) is 0 Å². The molecule has 1 amide bonds. The molecule has 1 aliphatic carbocycles. The molecule has 0 spiro atoms. The van der Waals surface area contributed by atoms with Gasteiger partial charge in [0.05, 0.1) is 10.9 Å². The summed E-state index contributed by atoms with van der Waals surface area (Å²) in [4.78, 5) is 13.3. The van der Waals surface area contributed by atoms with Crippen LogP contribution in [0, 0.1) is 5.82 Å². The third-order valence-corrected chi connectivity index (χ3v) is 5.27. The Morgan fingerprint density at radius 1 is 1.19 bits per heavy atom. The number of hydrogen-bond acceptors (Lipinski definition) is 3. The average Bonchev–Trinajstić information content (AvgIpc) is 3.40. The van der Waals surface area contributed by atoms with Gasteiger partial charge in [0.2, 0.25) is 10.0 Å². The van der Waals surface area contributed by atoms with Gasteiger partial charge in [-0.2, -0.15) is 0 Å². The van der Waals surface area contributed by atoms with Crippen LogP contribution in [0.15, 0.2) is 53.4 Å². The maximum Gasteiger partial charge on any atom is 0.279 e. The molecule has 4 N–H and O–H groups in total. The molecule has 0 saturated heterocycles. The highest BCUT2D eigenvalue weighted by Gasteiger charge is 2.35. The Bertz CT molecular complexity index is 913. The number of anilines is 1. The molecule has 26 heavy (non-hydrogen) atoms. The van der Waals surface area contributed by atoms with E-state index in [1.165, 1.54) is 24.3 Å². The van der Waals surface area contributed by atoms with Crippen molar-refractivity contribution < 1.29 is 22.5 Å². The summed E-state index contributed by atoms with van der Waals surface area (Å²) in [6.45, 7) is 0.612. The molecule has 0 aliphatic heterocycles. The van der Waals surface area contributed by atoms with Gasteiger partial charge < -0.3 is 10.2 Å². The highest BCUT2D eigenvalue weighted by Crippen LogP contribution is 2.17. The zero-order valence-corrected chi connectivity index (χ0v) is 14.9. The smallest absolute Gasteiger partial charge is 0.279 e. The maximum absolute atomic E-state index is 13.9. The van der Waals surface area contributed by atoms with Crippen LogP contribution in [0.5, 0.6) is 0 Å². The molecular formula is C18H21FN3O3S+. The first kappa shape index (κ1) is 18.5. The monoisotopic (exact) mass is 378 g/mol. The predicted octanol–water partition coefficient (Wildman–Crippen LogP) is 0.659. The fourth-order valence-electron chi connectivity index (χ4n) is 2.89. The van der Waals surface area contributed by atoms with Crippen LogP contribution in [0.1, 0.15) is 18.4 Å². The van der Waals surface area contributed by atoms with Crippen LogP contribution in [-0.4, -0.2) is 26.9 Å². The van der Waals surface area contributed by atoms with Crippen molar-refractivity contribution in [3.63, 3.8) is 0 Å². The van der Waals surface area contributed by atoms with Gasteiger partial charge in [-0.25, -0.2) is 17.9 Å². The van der Waals surface area contributed by atoms with E-state index >= 15 is 0 Å². The SMILES string of the molecule is NS(=O)(=O)c1cccc(NC(=O)C[NH+](Cc2ccccc2F)C2CC2)c1. The first-order valence-corrected chi connectivity index (χ1v) is 9.88. The van der Waals surface area contributed by atoms with Gasteiger partial charge in [-0.05, 0) is 24.3 Å². The Balaban J connectivity index is 1.67. The Morgan fingerprint density at radius 3 is 2.58 bits per heavy atom. The molecule has 0 bridgehead atoms. The molecule has 1 aliphatic rings. The van der Waals surface area contributed by atoms with Crippen molar-refractivity contribution in [3.05, 3.63) is 59.9 Å². The summed E-state index contributed by atoms with van der Waals surface area (Å²) in [5, 5.41) is 7.80. The van der Waals surface area contributed by atoms with Gasteiger partial charge in [-0.1, -0.05) is 24.3 Å². The lowest BCUT2D eigenvalue weighted by Crippen LogP contribution is -3.13. The summed E-state index contributed by atoms with van der Waals surface area (Å²) in [5.41, 5.74) is 0.945. The van der Waals surface area contributed by atoms with E-state index in [9.17, 15) is 17.6 Å². The van der Waals surface area contributed by atoms with E-state index < -0.39 is 10.0 Å². The van der Waals surface area contributed by atoms with E-state index in [1.54, 1.807) is 24.3 Å². The zero-order valence-electron chi connectivity index (χ0n) is 14.1. The normalized spacial score (nSPS) is 15.5. The van der Waals surface area contributed by atoms with Crippen LogP contribution < -0.4 is 15.4 Å². The third-order valence-electron chi connectivity index (χ3n) is 4.36. The van der Waals surface area contributed by atoms with Gasteiger partial charge in [0.25, 0.3) is 5.91 Å². The van der Waals surface area contributed by atoms with Crippen LogP contribution in [0.3, 0.4) is 0 Å². The predicted molar refractivity (Wildman–Crippen MR) is 95.4 cm³/mol. The minimum atomic E-state index is -3.83. The number of rotatable bonds is 7. The number of hydrogen-bond donors (Lipinski definition) is 3. The van der Waals surface area contributed by atoms with Crippen molar-refractivity contribution in [2.45, 2.75) is 30.3 Å². The molecule has 2 aromatic rings. The number of amides is 1. The highest BCUT2D eigenvalue weighted by molar-refractivity contribution is 7.89. The Kier molecular flexibility index (Phi) is 5.36. The van der Waals surface area contributed by atoms with Gasteiger partial charge >= 0.3 is 0 Å². The second kappa shape index (κ2) is 7.53. The van der Waals surface area contributed by atoms with Crippen LogP contribution >= 0.6 is 0 Å². The first-order chi connectivity index (χ1) is 12.3. The largest absolute Gasteiger partial charge is 0.321 e. The third kappa shape index (κ3) is 4.87. The number of carbonyl (C=O) groups is 1. The van der Waals surface area contributed by atoms with E-state index in [1.807, 2.05) is 0 Å². The molecule has 0 aromatic heterocycles. The summed E-state index contributed by atoms with van der Waals surface area (Å²) < 4.78 is 36.7. The summed E-state index contributed by atoms with van der Waals surface area (Å²) in [7, 11) is -3.83. The van der Waals surface area contributed by atoms with E-state index in [-0.39, 0.29) is 23.2 Å². The molecule has 1 fully saturated rings. The van der Waals surface area contributed by atoms with Crippen molar-refractivity contribution in [2.24, 2.45) is 5.14 Å². The molecular weight excluding hydrogens is 357 g/mol. The maximum atomic E-state index is 13.9. The Morgan fingerprint density at radius 2 is 1.92 bits per heavy atom. The number of quaternary nitrogens is 1. The molecule has 2 aromatic carbocycles. The number of sulfonamides is 1. The van der Waals surface area contributed by atoms with Crippen LogP contribution in [0.2, 0.25) is 0 Å². The quantitative estimate of drug-likeness (QED) is 0.661. The Hall–Kier alpha value is -2.29. The van der Waals surface area contributed by atoms with Crippen molar-refractivity contribution in [2.75, 3.05) is 11.9 Å². The van der Waals surface area contributed by atoms with E-state index in [4.69, 9.17) is 5.14 Å². The lowest BCUT2D eigenvalue weighted by molar-refractivity contribution is -0.917. The van der Waals surface area contributed by atoms with Gasteiger partial charge in [-0.3, -0.25) is 4.79 Å². The van der Waals surface area contributed by atoms with E-state index in [2.05, 4.69) is 5.32 Å². The summed E-state index contributed by atoms with van der Waals surface area (Å²) in [6, 6.07) is 12.7. The molecule has 8 heteroatoms. The van der Waals surface area contributed by atoms with Gasteiger partial charge in [0.1, 0.15) is 12.4 Å². The van der Waals surface area contributed by atoms with Gasteiger partial charge in [0.15, 0.2) is 6.54 Å². The number of primary sulfonamides is 1. The second-order valence-corrected chi connectivity index (χ2v) is 8.06. The van der Waals surface area contributed by atoms with Crippen molar-refractivity contribution in [3.8, 4) is 0 Å². The molecule has 1 saturated carbocycles. The molecule has 0 radical (unpaired) electrons. The lowest BCUT2D eigenvalue weighted by atomic mass is 10.2. The molecule has 3 rings (SSSR count). The average molecular weight is 378 g/mol. The molecule has 6 nitrogen and oxygen atoms in total. The second-order valence-electron chi connectivity index (χ2n) is 6.50. The van der Waals surface area contributed by atoms with E-state index in [0.29, 0.717) is 23.8 Å². The van der Waals surface area contributed by atoms with Crippen molar-refractivity contribution in [1.82, 2.24) is 0 Å². The summed E-state index contributed by atoms with van der Waals surface area (Å²) in [6.07, 6.45) is 2.02. The van der Waals surface area contributed by atoms with Crippen LogP contribution in [0.4, 0.5) is 10.1 Å². The highest BCUT2D eigenvalue weighted by atomic mass is 32.2. The molecule has 138 valence electrons. The van der Waals surface area contributed by atoms with Crippen LogP contribution in [-0.2, 0) is 21.4 Å². The fraction of sp³-hybridized carbons (Fsp3) is 0.278. The van der Waals surface area contributed by atoms with E-state index in [0.717, 1.165) is 17.7 Å². The summed E-state index contributed by atoms with van der Waals surface area (Å²) >= 11 is 0. The first-order valence-electron chi connectivity index (χ1n) is 8.33. The fourth-order valence-corrected chi connectivity index (χ4v) is 3.45. The number of nitrogens with one attached hydrogen (secondary N) is 2. The number of benzene rings is 2. The lowest BCUT2D eigenvalue weighted by Gasteiger charge is -2.19. The minimum absolute atomic E-state index is 0.0620. The zero-order chi connectivity index (χ0) is 18.7. The van der Waals surface area contributed by atoms with Crippen LogP contribution in [0.25, 0.3) is 0 Å². The number of halogens is 1. The summed E-state index contributed by atoms with van der Waals surface area (Å²) in [5.74, 6) is -0.526. The number of nitrogens with two attached hydrogens (primary N) is 1. The topological polar surface area (TPSA) is 93.7 Å². The minimum Gasteiger partial charge on any atom is -0.321 e. The van der Waals surface area contributed by atoms with Gasteiger partial charge in [0, 0.05) is 24.1 Å². The number of carbonyl (C=O) groups excluding carboxylic acids is 1. The standard InChI is InChI=1S/C18H20FN3O3S/c19-17-7-2-1-4-13(17)11-22(15-8-9-15)12-18(23)21-14-5-3-6-16(10-14)26(20,24)25/h1-7,10,15H,8-9,11-12H2,(H,21,23)(H2,20,24,25)/p+1. The molecule has 1 atom stereocenters. The Labute approximate surface area is 151 Å². The molecule has 0 heterocycles.